The highest BCUT2D eigenvalue weighted by Crippen LogP contribution is 2.27. The molecule has 6 nitrogen and oxygen atoms in total. The molecule has 20 heavy (non-hydrogen) atoms. The minimum atomic E-state index is -0.984. The number of anilines is 1. The summed E-state index contributed by atoms with van der Waals surface area (Å²) in [7, 11) is 0. The van der Waals surface area contributed by atoms with E-state index in [1.54, 1.807) is 10.9 Å². The number of hydrogen-bond acceptors (Lipinski definition) is 4. The van der Waals surface area contributed by atoms with Gasteiger partial charge in [0.2, 0.25) is 0 Å². The van der Waals surface area contributed by atoms with Gasteiger partial charge in [-0.1, -0.05) is 13.8 Å². The van der Waals surface area contributed by atoms with Gasteiger partial charge in [-0.2, -0.15) is 5.10 Å². The van der Waals surface area contributed by atoms with Gasteiger partial charge in [-0.25, -0.2) is 14.5 Å². The van der Waals surface area contributed by atoms with Crippen molar-refractivity contribution in [3.63, 3.8) is 0 Å². The van der Waals surface area contributed by atoms with Gasteiger partial charge in [0, 0.05) is 18.8 Å². The third kappa shape index (κ3) is 2.45. The molecular weight excluding hydrogens is 256 g/mol. The van der Waals surface area contributed by atoms with E-state index in [-0.39, 0.29) is 11.6 Å². The lowest BCUT2D eigenvalue weighted by atomic mass is 10.0. The van der Waals surface area contributed by atoms with Crippen LogP contribution in [0.5, 0.6) is 0 Å². The van der Waals surface area contributed by atoms with E-state index in [1.165, 1.54) is 6.20 Å². The fraction of sp³-hybridized carbons (Fsp3) is 0.500. The third-order valence-electron chi connectivity index (χ3n) is 3.57. The average molecular weight is 276 g/mol. The minimum absolute atomic E-state index is 0.156. The molecule has 2 aromatic heterocycles. The first-order valence-corrected chi connectivity index (χ1v) is 6.80. The summed E-state index contributed by atoms with van der Waals surface area (Å²) < 4.78 is 1.76. The van der Waals surface area contributed by atoms with Gasteiger partial charge in [0.1, 0.15) is 5.56 Å². The van der Waals surface area contributed by atoms with Crippen LogP contribution in [0.2, 0.25) is 0 Å². The first-order valence-electron chi connectivity index (χ1n) is 6.80. The Morgan fingerprint density at radius 1 is 1.40 bits per heavy atom. The van der Waals surface area contributed by atoms with Gasteiger partial charge in [-0.05, 0) is 19.8 Å². The zero-order valence-electron chi connectivity index (χ0n) is 12.2. The molecule has 2 rings (SSSR count). The number of fused-ring (bicyclic) bond motifs is 1. The topological polar surface area (TPSA) is 80.0 Å². The lowest BCUT2D eigenvalue weighted by Crippen LogP contribution is -2.23. The van der Waals surface area contributed by atoms with Crippen LogP contribution in [0.1, 0.15) is 38.1 Å². The van der Waals surface area contributed by atoms with Crippen LogP contribution in [0, 0.1) is 5.92 Å². The molecule has 2 aromatic rings. The largest absolute Gasteiger partial charge is 0.478 e. The number of aromatic nitrogens is 3. The van der Waals surface area contributed by atoms with Gasteiger partial charge in [0.15, 0.2) is 5.65 Å². The molecule has 108 valence electrons. The van der Waals surface area contributed by atoms with Gasteiger partial charge in [-0.3, -0.25) is 0 Å². The van der Waals surface area contributed by atoms with Crippen LogP contribution in [-0.4, -0.2) is 31.9 Å². The lowest BCUT2D eigenvalue weighted by molar-refractivity contribution is 0.0697. The van der Waals surface area contributed by atoms with Crippen molar-refractivity contribution in [3.8, 4) is 0 Å². The van der Waals surface area contributed by atoms with E-state index in [0.717, 1.165) is 5.39 Å². The van der Waals surface area contributed by atoms with Crippen LogP contribution < -0.4 is 5.32 Å². The number of carboxylic acid groups (broad SMARTS) is 1. The van der Waals surface area contributed by atoms with Gasteiger partial charge in [0.25, 0.3) is 0 Å². The van der Waals surface area contributed by atoms with Crippen molar-refractivity contribution >= 4 is 22.7 Å². The normalized spacial score (nSPS) is 12.8. The second kappa shape index (κ2) is 5.48. The van der Waals surface area contributed by atoms with Crippen molar-refractivity contribution in [2.45, 2.75) is 40.3 Å². The zero-order chi connectivity index (χ0) is 14.9. The van der Waals surface area contributed by atoms with Crippen molar-refractivity contribution in [2.24, 2.45) is 5.92 Å². The van der Waals surface area contributed by atoms with E-state index in [9.17, 15) is 9.90 Å². The summed E-state index contributed by atoms with van der Waals surface area (Å²) in [4.78, 5) is 15.6. The van der Waals surface area contributed by atoms with Crippen molar-refractivity contribution in [2.75, 3.05) is 5.32 Å². The molecule has 0 aliphatic rings. The highest BCUT2D eigenvalue weighted by Gasteiger charge is 2.19. The summed E-state index contributed by atoms with van der Waals surface area (Å²) in [5.74, 6) is -0.594. The van der Waals surface area contributed by atoms with Crippen molar-refractivity contribution in [3.05, 3.63) is 18.0 Å². The first kappa shape index (κ1) is 14.3. The molecule has 0 saturated carbocycles. The third-order valence-corrected chi connectivity index (χ3v) is 3.57. The molecule has 0 aliphatic heterocycles. The Kier molecular flexibility index (Phi) is 3.92. The maximum absolute atomic E-state index is 11.4. The molecule has 0 aromatic carbocycles. The smallest absolute Gasteiger partial charge is 0.339 e. The fourth-order valence-corrected chi connectivity index (χ4v) is 1.97. The van der Waals surface area contributed by atoms with Crippen LogP contribution in [-0.2, 0) is 6.54 Å². The number of rotatable bonds is 5. The number of carboxylic acids is 1. The Labute approximate surface area is 117 Å². The quantitative estimate of drug-likeness (QED) is 0.877. The highest BCUT2D eigenvalue weighted by atomic mass is 16.4. The molecule has 0 radical (unpaired) electrons. The monoisotopic (exact) mass is 276 g/mol. The molecule has 1 atom stereocenters. The molecule has 0 amide bonds. The van der Waals surface area contributed by atoms with Crippen LogP contribution in [0.4, 0.5) is 5.69 Å². The number of pyridine rings is 1. The summed E-state index contributed by atoms with van der Waals surface area (Å²) in [5, 5.41) is 17.6. The molecule has 0 spiro atoms. The van der Waals surface area contributed by atoms with E-state index in [2.05, 4.69) is 29.2 Å². The zero-order valence-corrected chi connectivity index (χ0v) is 12.2. The predicted molar refractivity (Wildman–Crippen MR) is 78.1 cm³/mol. The van der Waals surface area contributed by atoms with Crippen LogP contribution in [0.25, 0.3) is 11.0 Å². The average Bonchev–Trinajstić information content (AvgIpc) is 2.81. The molecule has 0 unspecified atom stereocenters. The molecule has 0 saturated heterocycles. The molecule has 0 bridgehead atoms. The van der Waals surface area contributed by atoms with Gasteiger partial charge < -0.3 is 10.4 Å². The van der Waals surface area contributed by atoms with Crippen LogP contribution >= 0.6 is 0 Å². The second-order valence-corrected chi connectivity index (χ2v) is 5.23. The number of nitrogens with one attached hydrogen (secondary N) is 1. The predicted octanol–water partition coefficient (Wildman–Crippen LogP) is 2.61. The number of aromatic carboxylic acids is 1. The summed E-state index contributed by atoms with van der Waals surface area (Å²) in [6, 6.07) is 0.156. The summed E-state index contributed by atoms with van der Waals surface area (Å²) in [6.07, 6.45) is 3.07. The van der Waals surface area contributed by atoms with Gasteiger partial charge >= 0.3 is 5.97 Å². The van der Waals surface area contributed by atoms with Crippen LogP contribution in [0.15, 0.2) is 12.4 Å². The van der Waals surface area contributed by atoms with E-state index in [1.807, 2.05) is 13.8 Å². The Balaban J connectivity index is 2.59. The Hall–Kier alpha value is -2.11. The van der Waals surface area contributed by atoms with Crippen molar-refractivity contribution in [1.82, 2.24) is 14.8 Å². The van der Waals surface area contributed by atoms with Gasteiger partial charge in [0.05, 0.1) is 17.3 Å². The van der Waals surface area contributed by atoms with Crippen molar-refractivity contribution in [1.29, 1.82) is 0 Å². The Morgan fingerprint density at radius 2 is 2.10 bits per heavy atom. The maximum Gasteiger partial charge on any atom is 0.339 e. The van der Waals surface area contributed by atoms with Gasteiger partial charge in [-0.15, -0.1) is 0 Å². The van der Waals surface area contributed by atoms with E-state index in [4.69, 9.17) is 0 Å². The van der Waals surface area contributed by atoms with E-state index in [0.29, 0.717) is 23.8 Å². The SMILES string of the molecule is CCn1ncc2c(N[C@@H](C)C(C)C)c(C(=O)O)cnc21. The molecular formula is C14H20N4O2. The highest BCUT2D eigenvalue weighted by molar-refractivity contribution is 6.03. The summed E-state index contributed by atoms with van der Waals surface area (Å²) in [6.45, 7) is 8.88. The number of hydrogen-bond donors (Lipinski definition) is 2. The molecule has 2 heterocycles. The standard InChI is InChI=1S/C14H20N4O2/c1-5-18-13-10(7-16-18)12(17-9(4)8(2)3)11(6-15-13)14(19)20/h6-9H,5H2,1-4H3,(H,15,17)(H,19,20)/t9-/m0/s1. The molecule has 0 fully saturated rings. The lowest BCUT2D eigenvalue weighted by Gasteiger charge is -2.20. The number of nitrogens with zero attached hydrogens (tertiary/aromatic N) is 3. The fourth-order valence-electron chi connectivity index (χ4n) is 1.97. The molecule has 0 aliphatic carbocycles. The van der Waals surface area contributed by atoms with Crippen molar-refractivity contribution < 1.29 is 9.90 Å². The van der Waals surface area contributed by atoms with E-state index >= 15 is 0 Å². The summed E-state index contributed by atoms with van der Waals surface area (Å²) in [5.41, 5.74) is 1.49. The summed E-state index contributed by atoms with van der Waals surface area (Å²) >= 11 is 0. The maximum atomic E-state index is 11.4. The molecule has 2 N–H and O–H groups in total. The minimum Gasteiger partial charge on any atom is -0.478 e. The first-order chi connectivity index (χ1) is 9.45. The molecule has 6 heteroatoms. The van der Waals surface area contributed by atoms with E-state index < -0.39 is 5.97 Å². The second-order valence-electron chi connectivity index (χ2n) is 5.23. The Bertz CT molecular complexity index is 633. The Morgan fingerprint density at radius 3 is 2.65 bits per heavy atom. The number of carbonyl (C=O) groups is 1. The van der Waals surface area contributed by atoms with Crippen LogP contribution in [0.3, 0.4) is 0 Å². The number of aryl methyl sites for hydroxylation is 1.